The number of hydrogen-bond donors (Lipinski definition) is 2. The molecule has 4 nitrogen and oxygen atoms in total. The van der Waals surface area contributed by atoms with Crippen molar-refractivity contribution in [2.75, 3.05) is 0 Å². The van der Waals surface area contributed by atoms with Gasteiger partial charge in [-0.25, -0.2) is 4.39 Å². The van der Waals surface area contributed by atoms with E-state index in [4.69, 9.17) is 10.8 Å². The Morgan fingerprint density at radius 1 is 1.53 bits per heavy atom. The molecule has 1 atom stereocenters. The van der Waals surface area contributed by atoms with Crippen LogP contribution in [0.5, 0.6) is 0 Å². The minimum Gasteiger partial charge on any atom is -0.480 e. The first-order valence-electron chi connectivity index (χ1n) is 5.20. The second-order valence-electron chi connectivity index (χ2n) is 3.91. The van der Waals surface area contributed by atoms with Crippen LogP contribution in [0.25, 0.3) is 10.9 Å². The number of carboxylic acids is 1. The van der Waals surface area contributed by atoms with E-state index in [1.165, 1.54) is 6.07 Å². The lowest BCUT2D eigenvalue weighted by Gasteiger charge is -2.10. The first-order valence-corrected chi connectivity index (χ1v) is 5.99. The molecule has 0 bridgehead atoms. The molecule has 7 heteroatoms. The highest BCUT2D eigenvalue weighted by Gasteiger charge is 2.15. The number of carboxylic acid groups (broad SMARTS) is 1. The summed E-state index contributed by atoms with van der Waals surface area (Å²) < 4.78 is 13.9. The van der Waals surface area contributed by atoms with E-state index >= 15 is 0 Å². The van der Waals surface area contributed by atoms with Crippen LogP contribution in [0.1, 0.15) is 5.56 Å². The molecule has 2 aromatic rings. The van der Waals surface area contributed by atoms with Gasteiger partial charge in [-0.1, -0.05) is 6.07 Å². The summed E-state index contributed by atoms with van der Waals surface area (Å²) in [5.74, 6) is -1.55. The Kier molecular flexibility index (Phi) is 5.22. The molecule has 0 aliphatic carbocycles. The molecule has 0 radical (unpaired) electrons. The summed E-state index contributed by atoms with van der Waals surface area (Å²) in [6, 6.07) is 3.78. The molecule has 1 unspecified atom stereocenters. The van der Waals surface area contributed by atoms with E-state index in [1.807, 2.05) is 0 Å². The molecule has 19 heavy (non-hydrogen) atoms. The third-order valence-electron chi connectivity index (χ3n) is 2.61. The lowest BCUT2D eigenvalue weighted by Crippen LogP contribution is -2.32. The van der Waals surface area contributed by atoms with Crippen LogP contribution >= 0.6 is 28.3 Å². The predicted octanol–water partition coefficient (Wildman–Crippen LogP) is 2.51. The third-order valence-corrected chi connectivity index (χ3v) is 3.25. The molecule has 1 aromatic carbocycles. The number of aromatic nitrogens is 1. The minimum absolute atomic E-state index is 0. The van der Waals surface area contributed by atoms with Gasteiger partial charge in [0.05, 0.1) is 11.7 Å². The molecule has 1 aromatic heterocycles. The Balaban J connectivity index is 0.00000180. The van der Waals surface area contributed by atoms with Crippen LogP contribution in [-0.4, -0.2) is 22.1 Å². The summed E-state index contributed by atoms with van der Waals surface area (Å²) >= 11 is 3.32. The Morgan fingerprint density at radius 3 is 2.84 bits per heavy atom. The molecule has 1 heterocycles. The molecule has 0 aliphatic rings. The van der Waals surface area contributed by atoms with E-state index in [0.717, 1.165) is 10.7 Å². The van der Waals surface area contributed by atoms with Crippen LogP contribution in [0.4, 0.5) is 4.39 Å². The predicted molar refractivity (Wildman–Crippen MR) is 76.0 cm³/mol. The first-order chi connectivity index (χ1) is 8.49. The lowest BCUT2D eigenvalue weighted by atomic mass is 10.0. The first kappa shape index (κ1) is 15.8. The minimum atomic E-state index is -1.09. The largest absolute Gasteiger partial charge is 0.480 e. The van der Waals surface area contributed by atoms with Crippen LogP contribution in [0.2, 0.25) is 0 Å². The van der Waals surface area contributed by atoms with Gasteiger partial charge in [-0.15, -0.1) is 12.4 Å². The van der Waals surface area contributed by atoms with E-state index in [9.17, 15) is 9.18 Å². The molecule has 0 fully saturated rings. The van der Waals surface area contributed by atoms with Gasteiger partial charge < -0.3 is 10.8 Å². The highest BCUT2D eigenvalue weighted by molar-refractivity contribution is 9.10. The highest BCUT2D eigenvalue weighted by Crippen LogP contribution is 2.26. The van der Waals surface area contributed by atoms with Gasteiger partial charge >= 0.3 is 5.97 Å². The van der Waals surface area contributed by atoms with Crippen molar-refractivity contribution >= 4 is 45.2 Å². The Labute approximate surface area is 123 Å². The van der Waals surface area contributed by atoms with Crippen molar-refractivity contribution in [1.82, 2.24) is 4.98 Å². The molecule has 0 spiro atoms. The quantitative estimate of drug-likeness (QED) is 0.893. The Hall–Kier alpha value is -1.24. The van der Waals surface area contributed by atoms with Crippen LogP contribution in [0.15, 0.2) is 28.9 Å². The maximum Gasteiger partial charge on any atom is 0.320 e. The number of rotatable bonds is 3. The van der Waals surface area contributed by atoms with E-state index in [2.05, 4.69) is 20.9 Å². The summed E-state index contributed by atoms with van der Waals surface area (Å²) in [5.41, 5.74) is 6.74. The number of benzene rings is 1. The van der Waals surface area contributed by atoms with Gasteiger partial charge in [0.25, 0.3) is 0 Å². The summed E-state index contributed by atoms with van der Waals surface area (Å²) in [7, 11) is 0. The molecular formula is C12H11BrClFN2O2. The average Bonchev–Trinajstić information content (AvgIpc) is 2.32. The van der Waals surface area contributed by atoms with Gasteiger partial charge in [-0.3, -0.25) is 9.78 Å². The number of halogens is 3. The van der Waals surface area contributed by atoms with Gasteiger partial charge in [-0.05, 0) is 40.0 Å². The number of pyridine rings is 1. The molecule has 0 saturated carbocycles. The number of hydrogen-bond acceptors (Lipinski definition) is 3. The smallest absolute Gasteiger partial charge is 0.320 e. The van der Waals surface area contributed by atoms with Crippen molar-refractivity contribution < 1.29 is 14.3 Å². The zero-order valence-corrected chi connectivity index (χ0v) is 12.0. The second-order valence-corrected chi connectivity index (χ2v) is 4.76. The SMILES string of the molecule is Cl.NC(Cc1ccc(Br)c2ncc(F)cc12)C(=O)O. The molecular weight excluding hydrogens is 338 g/mol. The molecule has 0 aliphatic heterocycles. The Bertz CT molecular complexity index is 624. The standard InChI is InChI=1S/C12H10BrFN2O2.ClH/c13-9-2-1-6(3-10(15)12(17)18)8-4-7(14)5-16-11(8)9;/h1-2,4-5,10H,3,15H2,(H,17,18);1H. The normalized spacial score (nSPS) is 11.9. The number of nitrogens with two attached hydrogens (primary N) is 1. The van der Waals surface area contributed by atoms with Crippen molar-refractivity contribution in [1.29, 1.82) is 0 Å². The maximum atomic E-state index is 13.2. The summed E-state index contributed by atoms with van der Waals surface area (Å²) in [4.78, 5) is 14.7. The molecule has 0 saturated heterocycles. The fourth-order valence-corrected chi connectivity index (χ4v) is 2.17. The van der Waals surface area contributed by atoms with Crippen molar-refractivity contribution in [3.63, 3.8) is 0 Å². The number of aliphatic carboxylic acids is 1. The number of carbonyl (C=O) groups is 1. The van der Waals surface area contributed by atoms with Crippen LogP contribution in [0.3, 0.4) is 0 Å². The summed E-state index contributed by atoms with van der Waals surface area (Å²) in [6.07, 6.45) is 1.25. The van der Waals surface area contributed by atoms with Gasteiger partial charge in [0.2, 0.25) is 0 Å². The van der Waals surface area contributed by atoms with Gasteiger partial charge in [-0.2, -0.15) is 0 Å². The monoisotopic (exact) mass is 348 g/mol. The van der Waals surface area contributed by atoms with Crippen molar-refractivity contribution in [2.45, 2.75) is 12.5 Å². The van der Waals surface area contributed by atoms with Crippen molar-refractivity contribution in [3.8, 4) is 0 Å². The molecule has 0 amide bonds. The zero-order chi connectivity index (χ0) is 13.3. The molecule has 102 valence electrons. The third kappa shape index (κ3) is 3.40. The second kappa shape index (κ2) is 6.27. The van der Waals surface area contributed by atoms with Crippen LogP contribution in [-0.2, 0) is 11.2 Å². The van der Waals surface area contributed by atoms with E-state index in [0.29, 0.717) is 16.5 Å². The van der Waals surface area contributed by atoms with E-state index < -0.39 is 17.8 Å². The highest BCUT2D eigenvalue weighted by atomic mass is 79.9. The number of fused-ring (bicyclic) bond motifs is 1. The van der Waals surface area contributed by atoms with Crippen LogP contribution < -0.4 is 5.73 Å². The van der Waals surface area contributed by atoms with Crippen LogP contribution in [0, 0.1) is 5.82 Å². The molecule has 3 N–H and O–H groups in total. The molecule has 2 rings (SSSR count). The van der Waals surface area contributed by atoms with E-state index in [1.54, 1.807) is 12.1 Å². The van der Waals surface area contributed by atoms with Gasteiger partial charge in [0, 0.05) is 9.86 Å². The van der Waals surface area contributed by atoms with Gasteiger partial charge in [0.15, 0.2) is 0 Å². The zero-order valence-electron chi connectivity index (χ0n) is 9.64. The maximum absolute atomic E-state index is 13.2. The fraction of sp³-hybridized carbons (Fsp3) is 0.167. The summed E-state index contributed by atoms with van der Waals surface area (Å²) in [6.45, 7) is 0. The topological polar surface area (TPSA) is 76.2 Å². The van der Waals surface area contributed by atoms with E-state index in [-0.39, 0.29) is 18.8 Å². The number of nitrogens with zero attached hydrogens (tertiary/aromatic N) is 1. The van der Waals surface area contributed by atoms with Crippen molar-refractivity contribution in [2.24, 2.45) is 5.73 Å². The Morgan fingerprint density at radius 2 is 2.21 bits per heavy atom. The fourth-order valence-electron chi connectivity index (χ4n) is 1.72. The summed E-state index contributed by atoms with van der Waals surface area (Å²) in [5, 5.41) is 9.37. The lowest BCUT2D eigenvalue weighted by molar-refractivity contribution is -0.138. The average molecular weight is 350 g/mol. The van der Waals surface area contributed by atoms with Gasteiger partial charge in [0.1, 0.15) is 11.9 Å². The van der Waals surface area contributed by atoms with Crippen molar-refractivity contribution in [3.05, 3.63) is 40.2 Å².